The van der Waals surface area contributed by atoms with Crippen LogP contribution in [0.3, 0.4) is 0 Å². The third-order valence-electron chi connectivity index (χ3n) is 4.30. The second kappa shape index (κ2) is 10.8. The lowest BCUT2D eigenvalue weighted by Gasteiger charge is -2.04. The fourth-order valence-electron chi connectivity index (χ4n) is 3.00. The van der Waals surface area contributed by atoms with E-state index in [0.29, 0.717) is 15.9 Å². The lowest BCUT2D eigenvalue weighted by Crippen LogP contribution is -1.94. The molecule has 0 aliphatic heterocycles. The standard InChI is InChI=1S/C22H18FN5S2.CO2/c1-13(2)29-21-20(17-7-15(9-24)10-25-11-17)26-22(30-21)28-12-19(14(3)27-28)16-5-4-6-18(23)8-16;2-1-3/h4-8,10-13H,1-3H3;. The summed E-state index contributed by atoms with van der Waals surface area (Å²) in [6, 6.07) is 10.4. The van der Waals surface area contributed by atoms with Gasteiger partial charge in [0.05, 0.1) is 21.2 Å². The van der Waals surface area contributed by atoms with Gasteiger partial charge in [0.1, 0.15) is 11.9 Å². The molecule has 10 heteroatoms. The Morgan fingerprint density at radius 1 is 1.18 bits per heavy atom. The molecule has 0 amide bonds. The molecule has 3 aromatic heterocycles. The molecule has 1 aromatic carbocycles. The third-order valence-corrected chi connectivity index (χ3v) is 6.56. The molecule has 4 rings (SSSR count). The Morgan fingerprint density at radius 3 is 2.61 bits per heavy atom. The van der Waals surface area contributed by atoms with Crippen LogP contribution in [0, 0.1) is 24.1 Å². The minimum Gasteiger partial charge on any atom is -0.263 e. The quantitative estimate of drug-likeness (QED) is 0.358. The Hall–Kier alpha value is -3.64. The first-order chi connectivity index (χ1) is 15.9. The van der Waals surface area contributed by atoms with Crippen molar-refractivity contribution < 1.29 is 14.0 Å². The number of halogens is 1. The number of aryl methyl sites for hydroxylation is 1. The average Bonchev–Trinajstić information content (AvgIpc) is 3.37. The van der Waals surface area contributed by atoms with Gasteiger partial charge < -0.3 is 0 Å². The number of hydrogen-bond donors (Lipinski definition) is 0. The molecule has 0 aliphatic rings. The Morgan fingerprint density at radius 2 is 1.94 bits per heavy atom. The highest BCUT2D eigenvalue weighted by Gasteiger charge is 2.19. The summed E-state index contributed by atoms with van der Waals surface area (Å²) < 4.78 is 16.4. The SMILES string of the molecule is Cc1nn(-c2nc(-c3cncc(C#N)c3)c(SC(C)C)s2)cc1-c1cccc(F)c1.O=C=O. The van der Waals surface area contributed by atoms with Gasteiger partial charge in [0, 0.05) is 35.0 Å². The molecule has 3 heterocycles. The van der Waals surface area contributed by atoms with Gasteiger partial charge in [-0.1, -0.05) is 37.3 Å². The summed E-state index contributed by atoms with van der Waals surface area (Å²) in [7, 11) is 0. The highest BCUT2D eigenvalue weighted by atomic mass is 32.2. The molecule has 0 atom stereocenters. The summed E-state index contributed by atoms with van der Waals surface area (Å²) in [5.74, 6) is -0.281. The van der Waals surface area contributed by atoms with E-state index in [0.717, 1.165) is 32.3 Å². The minimum absolute atomic E-state index is 0.250. The van der Waals surface area contributed by atoms with Crippen LogP contribution >= 0.6 is 23.1 Å². The van der Waals surface area contributed by atoms with Crippen LogP contribution in [0.5, 0.6) is 0 Å². The number of benzene rings is 1. The molecule has 0 saturated heterocycles. The van der Waals surface area contributed by atoms with Crippen molar-refractivity contribution in [2.45, 2.75) is 30.2 Å². The second-order valence-corrected chi connectivity index (χ2v) is 9.86. The maximum Gasteiger partial charge on any atom is 0.373 e. The number of carbonyl (C=O) groups excluding carboxylic acids is 2. The van der Waals surface area contributed by atoms with Gasteiger partial charge in [-0.2, -0.15) is 19.9 Å². The van der Waals surface area contributed by atoms with Crippen molar-refractivity contribution in [2.75, 3.05) is 0 Å². The van der Waals surface area contributed by atoms with Gasteiger partial charge in [-0.25, -0.2) is 14.1 Å². The van der Waals surface area contributed by atoms with Crippen LogP contribution in [0.15, 0.2) is 53.1 Å². The molecule has 0 bridgehead atoms. The van der Waals surface area contributed by atoms with E-state index in [2.05, 4.69) is 30.0 Å². The minimum atomic E-state index is -0.281. The van der Waals surface area contributed by atoms with Crippen LogP contribution in [-0.2, 0) is 9.59 Å². The molecular formula is C23H18FN5O2S2. The van der Waals surface area contributed by atoms with Crippen LogP contribution in [0.25, 0.3) is 27.5 Å². The summed E-state index contributed by atoms with van der Waals surface area (Å²) in [4.78, 5) is 25.2. The molecule has 0 radical (unpaired) electrons. The van der Waals surface area contributed by atoms with Crippen LogP contribution in [0.2, 0.25) is 0 Å². The van der Waals surface area contributed by atoms with E-state index in [9.17, 15) is 9.65 Å². The van der Waals surface area contributed by atoms with Gasteiger partial charge in [0.15, 0.2) is 0 Å². The molecule has 166 valence electrons. The first-order valence-electron chi connectivity index (χ1n) is 9.71. The van der Waals surface area contributed by atoms with Gasteiger partial charge in [0.2, 0.25) is 5.13 Å². The predicted molar refractivity (Wildman–Crippen MR) is 123 cm³/mol. The van der Waals surface area contributed by atoms with Gasteiger partial charge in [-0.05, 0) is 30.7 Å². The number of rotatable bonds is 5. The molecule has 0 N–H and O–H groups in total. The van der Waals surface area contributed by atoms with E-state index in [4.69, 9.17) is 14.6 Å². The highest BCUT2D eigenvalue weighted by molar-refractivity contribution is 8.01. The van der Waals surface area contributed by atoms with E-state index in [1.54, 1.807) is 34.8 Å². The number of hydrogen-bond acceptors (Lipinski definition) is 8. The van der Waals surface area contributed by atoms with Gasteiger partial charge in [0.25, 0.3) is 0 Å². The van der Waals surface area contributed by atoms with Crippen molar-refractivity contribution in [3.8, 4) is 33.6 Å². The molecule has 0 spiro atoms. The number of nitrogens with zero attached hydrogens (tertiary/aromatic N) is 5. The Balaban J connectivity index is 0.000000968. The molecule has 0 unspecified atom stereocenters. The lowest BCUT2D eigenvalue weighted by atomic mass is 10.1. The number of aromatic nitrogens is 4. The fourth-order valence-corrected chi connectivity index (χ4v) is 5.44. The highest BCUT2D eigenvalue weighted by Crippen LogP contribution is 2.40. The van der Waals surface area contributed by atoms with E-state index < -0.39 is 0 Å². The maximum absolute atomic E-state index is 13.7. The number of pyridine rings is 1. The van der Waals surface area contributed by atoms with Crippen molar-refractivity contribution in [3.63, 3.8) is 0 Å². The van der Waals surface area contributed by atoms with Crippen LogP contribution in [-0.4, -0.2) is 31.1 Å². The average molecular weight is 480 g/mol. The molecule has 0 saturated carbocycles. The predicted octanol–water partition coefficient (Wildman–Crippen LogP) is 5.29. The molecule has 33 heavy (non-hydrogen) atoms. The zero-order valence-corrected chi connectivity index (χ0v) is 19.6. The fraction of sp³-hybridized carbons (Fsp3) is 0.174. The summed E-state index contributed by atoms with van der Waals surface area (Å²) >= 11 is 3.25. The topological polar surface area (TPSA) is 102 Å². The molecule has 7 nitrogen and oxygen atoms in total. The van der Waals surface area contributed by atoms with E-state index in [-0.39, 0.29) is 12.0 Å². The van der Waals surface area contributed by atoms with Crippen molar-refractivity contribution in [1.29, 1.82) is 5.26 Å². The summed E-state index contributed by atoms with van der Waals surface area (Å²) in [6.45, 7) is 6.14. The Labute approximate surface area is 197 Å². The summed E-state index contributed by atoms with van der Waals surface area (Å²) in [5, 5.41) is 14.9. The maximum atomic E-state index is 13.7. The molecular weight excluding hydrogens is 461 g/mol. The second-order valence-electron chi connectivity index (χ2n) is 7.04. The number of nitriles is 1. The normalized spacial score (nSPS) is 10.3. The van der Waals surface area contributed by atoms with Crippen molar-refractivity contribution in [1.82, 2.24) is 19.7 Å². The Bertz CT molecular complexity index is 1350. The van der Waals surface area contributed by atoms with E-state index in [1.807, 2.05) is 19.2 Å². The Kier molecular flexibility index (Phi) is 7.85. The van der Waals surface area contributed by atoms with Gasteiger partial charge in [-0.15, -0.1) is 11.8 Å². The first-order valence-corrected chi connectivity index (χ1v) is 11.4. The monoisotopic (exact) mass is 479 g/mol. The summed E-state index contributed by atoms with van der Waals surface area (Å²) in [6.07, 6.45) is 5.38. The zero-order valence-electron chi connectivity index (χ0n) is 17.9. The van der Waals surface area contributed by atoms with Crippen LogP contribution < -0.4 is 0 Å². The first kappa shape index (κ1) is 24.0. The molecule has 4 aromatic rings. The van der Waals surface area contributed by atoms with Crippen LogP contribution in [0.1, 0.15) is 25.1 Å². The largest absolute Gasteiger partial charge is 0.373 e. The third kappa shape index (κ3) is 5.79. The number of thioether (sulfide) groups is 1. The van der Waals surface area contributed by atoms with Crippen molar-refractivity contribution in [2.24, 2.45) is 0 Å². The molecule has 0 aliphatic carbocycles. The van der Waals surface area contributed by atoms with Gasteiger partial charge in [-0.3, -0.25) is 4.98 Å². The van der Waals surface area contributed by atoms with Gasteiger partial charge >= 0.3 is 6.15 Å². The van der Waals surface area contributed by atoms with Crippen molar-refractivity contribution >= 4 is 29.3 Å². The van der Waals surface area contributed by atoms with Crippen molar-refractivity contribution in [3.05, 3.63) is 66.0 Å². The summed E-state index contributed by atoms with van der Waals surface area (Å²) in [5.41, 5.74) is 4.51. The smallest absolute Gasteiger partial charge is 0.263 e. The number of thiazole rings is 1. The lowest BCUT2D eigenvalue weighted by molar-refractivity contribution is -0.191. The van der Waals surface area contributed by atoms with E-state index in [1.165, 1.54) is 29.7 Å². The van der Waals surface area contributed by atoms with Crippen LogP contribution in [0.4, 0.5) is 4.39 Å². The van der Waals surface area contributed by atoms with E-state index >= 15 is 0 Å². The zero-order chi connectivity index (χ0) is 24.0. The molecule has 0 fully saturated rings.